The second kappa shape index (κ2) is 11.0. The Hall–Kier alpha value is -0.690. The van der Waals surface area contributed by atoms with Gasteiger partial charge < -0.3 is 5.73 Å². The maximum atomic E-state index is 6.23. The van der Waals surface area contributed by atoms with Crippen molar-refractivity contribution in [1.82, 2.24) is 0 Å². The van der Waals surface area contributed by atoms with Crippen LogP contribution in [0.5, 0.6) is 0 Å². The lowest BCUT2D eigenvalue weighted by Crippen LogP contribution is -2.05. The summed E-state index contributed by atoms with van der Waals surface area (Å²) in [6.45, 7) is 6.79. The van der Waals surface area contributed by atoms with Gasteiger partial charge in [-0.3, -0.25) is 0 Å². The first-order valence-electron chi connectivity index (χ1n) is 8.13. The van der Waals surface area contributed by atoms with E-state index in [9.17, 15) is 0 Å². The Kier molecular flexibility index (Phi) is 10.6. The van der Waals surface area contributed by atoms with Crippen molar-refractivity contribution in [3.05, 3.63) is 28.8 Å². The van der Waals surface area contributed by atoms with Crippen LogP contribution in [0.4, 0.5) is 5.69 Å². The highest BCUT2D eigenvalue weighted by atomic mass is 35.5. The zero-order chi connectivity index (χ0) is 14.1. The summed E-state index contributed by atoms with van der Waals surface area (Å²) < 4.78 is 0. The van der Waals surface area contributed by atoms with Crippen molar-refractivity contribution < 1.29 is 0 Å². The number of nitrogen functional groups attached to an aromatic ring is 1. The Bertz CT molecular complexity index is 374. The first-order chi connectivity index (χ1) is 9.24. The van der Waals surface area contributed by atoms with Crippen LogP contribution in [0.3, 0.4) is 0 Å². The number of rotatable bonds is 9. The van der Waals surface area contributed by atoms with Crippen LogP contribution in [0.2, 0.25) is 0 Å². The lowest BCUT2D eigenvalue weighted by Gasteiger charge is -2.17. The number of benzene rings is 1. The van der Waals surface area contributed by atoms with E-state index in [4.69, 9.17) is 5.73 Å². The van der Waals surface area contributed by atoms with Gasteiger partial charge in [-0.05, 0) is 61.3 Å². The van der Waals surface area contributed by atoms with Crippen LogP contribution in [0.25, 0.3) is 0 Å². The molecule has 0 spiro atoms. The predicted molar refractivity (Wildman–Crippen MR) is 93.9 cm³/mol. The molecule has 1 nitrogen and oxygen atoms in total. The van der Waals surface area contributed by atoms with Gasteiger partial charge in [0.25, 0.3) is 0 Å². The lowest BCUT2D eigenvalue weighted by atomic mass is 9.90. The Labute approximate surface area is 131 Å². The number of aryl methyl sites for hydroxylation is 1. The predicted octanol–water partition coefficient (Wildman–Crippen LogP) is 5.72. The SMILES string of the molecule is CCCCc1ccc(N)c(CCCC)c1CCCC.Cl. The van der Waals surface area contributed by atoms with Crippen molar-refractivity contribution in [2.45, 2.75) is 78.6 Å². The maximum absolute atomic E-state index is 6.23. The molecule has 0 heterocycles. The van der Waals surface area contributed by atoms with E-state index in [1.807, 2.05) is 0 Å². The average molecular weight is 298 g/mol. The third-order valence-corrected chi connectivity index (χ3v) is 3.92. The summed E-state index contributed by atoms with van der Waals surface area (Å²) in [5.41, 5.74) is 11.8. The fourth-order valence-electron chi connectivity index (χ4n) is 2.67. The molecule has 0 radical (unpaired) electrons. The van der Waals surface area contributed by atoms with Crippen molar-refractivity contribution in [2.75, 3.05) is 5.73 Å². The number of nitrogens with two attached hydrogens (primary N) is 1. The van der Waals surface area contributed by atoms with E-state index < -0.39 is 0 Å². The first-order valence-corrected chi connectivity index (χ1v) is 8.13. The van der Waals surface area contributed by atoms with Crippen molar-refractivity contribution in [1.29, 1.82) is 0 Å². The number of halogens is 1. The van der Waals surface area contributed by atoms with Crippen molar-refractivity contribution >= 4 is 18.1 Å². The molecule has 1 aromatic rings. The number of hydrogen-bond donors (Lipinski definition) is 1. The van der Waals surface area contributed by atoms with E-state index in [0.29, 0.717) is 0 Å². The zero-order valence-corrected chi connectivity index (χ0v) is 14.3. The molecule has 1 rings (SSSR count). The van der Waals surface area contributed by atoms with Crippen molar-refractivity contribution in [2.24, 2.45) is 0 Å². The molecule has 0 aliphatic rings. The number of anilines is 1. The highest BCUT2D eigenvalue weighted by molar-refractivity contribution is 5.85. The molecule has 0 atom stereocenters. The van der Waals surface area contributed by atoms with Gasteiger partial charge in [0, 0.05) is 5.69 Å². The fourth-order valence-corrected chi connectivity index (χ4v) is 2.67. The minimum Gasteiger partial charge on any atom is -0.398 e. The highest BCUT2D eigenvalue weighted by Crippen LogP contribution is 2.26. The van der Waals surface area contributed by atoms with E-state index in [1.54, 1.807) is 11.1 Å². The van der Waals surface area contributed by atoms with Gasteiger partial charge in [-0.1, -0.05) is 46.1 Å². The summed E-state index contributed by atoms with van der Waals surface area (Å²) in [4.78, 5) is 0. The molecule has 0 amide bonds. The normalized spacial score (nSPS) is 10.3. The van der Waals surface area contributed by atoms with Gasteiger partial charge in [-0.25, -0.2) is 0 Å². The molecule has 0 aromatic heterocycles. The van der Waals surface area contributed by atoms with E-state index in [-0.39, 0.29) is 12.4 Å². The lowest BCUT2D eigenvalue weighted by molar-refractivity contribution is 0.736. The van der Waals surface area contributed by atoms with E-state index >= 15 is 0 Å². The Morgan fingerprint density at radius 3 is 1.80 bits per heavy atom. The summed E-state index contributed by atoms with van der Waals surface area (Å²) in [5, 5.41) is 0. The molecule has 20 heavy (non-hydrogen) atoms. The van der Waals surface area contributed by atoms with Crippen LogP contribution in [-0.4, -0.2) is 0 Å². The molecule has 0 bridgehead atoms. The van der Waals surface area contributed by atoms with E-state index in [1.165, 1.54) is 56.9 Å². The van der Waals surface area contributed by atoms with Crippen LogP contribution in [-0.2, 0) is 19.3 Å². The largest absolute Gasteiger partial charge is 0.398 e. The molecular weight excluding hydrogens is 266 g/mol. The summed E-state index contributed by atoms with van der Waals surface area (Å²) in [6, 6.07) is 4.40. The molecular formula is C18H32ClN. The second-order valence-electron chi connectivity index (χ2n) is 5.58. The zero-order valence-electron chi connectivity index (χ0n) is 13.5. The van der Waals surface area contributed by atoms with Crippen molar-refractivity contribution in [3.8, 4) is 0 Å². The molecule has 2 N–H and O–H groups in total. The standard InChI is InChI=1S/C18H31N.ClH/c1-4-7-10-15-13-14-18(19)17(12-9-6-3)16(15)11-8-5-2;/h13-14H,4-12,19H2,1-3H3;1H. The molecule has 0 aliphatic heterocycles. The Morgan fingerprint density at radius 1 is 0.750 bits per heavy atom. The minimum absolute atomic E-state index is 0. The monoisotopic (exact) mass is 297 g/mol. The summed E-state index contributed by atoms with van der Waals surface area (Å²) in [6.07, 6.45) is 11.2. The molecule has 0 aliphatic carbocycles. The van der Waals surface area contributed by atoms with Gasteiger partial charge in [-0.15, -0.1) is 12.4 Å². The highest BCUT2D eigenvalue weighted by Gasteiger charge is 2.11. The minimum atomic E-state index is 0. The molecule has 2 heteroatoms. The van der Waals surface area contributed by atoms with Gasteiger partial charge >= 0.3 is 0 Å². The molecule has 0 fully saturated rings. The summed E-state index contributed by atoms with van der Waals surface area (Å²) >= 11 is 0. The third-order valence-electron chi connectivity index (χ3n) is 3.92. The Morgan fingerprint density at radius 2 is 1.25 bits per heavy atom. The topological polar surface area (TPSA) is 26.0 Å². The van der Waals surface area contributed by atoms with Crippen LogP contribution in [0, 0.1) is 0 Å². The maximum Gasteiger partial charge on any atom is 0.0349 e. The van der Waals surface area contributed by atoms with Crippen molar-refractivity contribution in [3.63, 3.8) is 0 Å². The Balaban J connectivity index is 0.00000361. The second-order valence-corrected chi connectivity index (χ2v) is 5.58. The van der Waals surface area contributed by atoms with E-state index in [2.05, 4.69) is 32.9 Å². The van der Waals surface area contributed by atoms with Gasteiger partial charge in [0.1, 0.15) is 0 Å². The summed E-state index contributed by atoms with van der Waals surface area (Å²) in [5.74, 6) is 0. The number of unbranched alkanes of at least 4 members (excludes halogenated alkanes) is 3. The van der Waals surface area contributed by atoms with Gasteiger partial charge in [0.15, 0.2) is 0 Å². The van der Waals surface area contributed by atoms with Gasteiger partial charge in [0.2, 0.25) is 0 Å². The summed E-state index contributed by atoms with van der Waals surface area (Å²) in [7, 11) is 0. The van der Waals surface area contributed by atoms with Crippen LogP contribution in [0.15, 0.2) is 12.1 Å². The van der Waals surface area contributed by atoms with E-state index in [0.717, 1.165) is 12.1 Å². The fraction of sp³-hybridized carbons (Fsp3) is 0.667. The quantitative estimate of drug-likeness (QED) is 0.580. The van der Waals surface area contributed by atoms with Gasteiger partial charge in [-0.2, -0.15) is 0 Å². The van der Waals surface area contributed by atoms with Gasteiger partial charge in [0.05, 0.1) is 0 Å². The molecule has 1 aromatic carbocycles. The van der Waals surface area contributed by atoms with Crippen LogP contribution < -0.4 is 5.73 Å². The third kappa shape index (κ3) is 5.75. The molecule has 0 saturated heterocycles. The first kappa shape index (κ1) is 19.3. The molecule has 0 saturated carbocycles. The smallest absolute Gasteiger partial charge is 0.0349 e. The number of hydrogen-bond acceptors (Lipinski definition) is 1. The van der Waals surface area contributed by atoms with Crippen LogP contribution in [0.1, 0.15) is 76.0 Å². The molecule has 116 valence electrons. The van der Waals surface area contributed by atoms with Crippen LogP contribution >= 0.6 is 12.4 Å². The molecule has 0 unspecified atom stereocenters. The average Bonchev–Trinajstić information content (AvgIpc) is 2.42.